The molecule has 0 saturated carbocycles. The number of anilines is 1. The second-order valence-electron chi connectivity index (χ2n) is 4.30. The van der Waals surface area contributed by atoms with Gasteiger partial charge >= 0.3 is 0 Å². The Morgan fingerprint density at radius 1 is 1.32 bits per heavy atom. The Morgan fingerprint density at radius 3 is 2.89 bits per heavy atom. The number of halogens is 1. The van der Waals surface area contributed by atoms with Crippen molar-refractivity contribution in [1.82, 2.24) is 4.98 Å². The second kappa shape index (κ2) is 5.96. The summed E-state index contributed by atoms with van der Waals surface area (Å²) in [6.45, 7) is 2.49. The fourth-order valence-electron chi connectivity index (χ4n) is 1.85. The molecule has 0 aliphatic carbocycles. The highest BCUT2D eigenvalue weighted by molar-refractivity contribution is 5.44. The molecule has 0 bridgehead atoms. The third kappa shape index (κ3) is 3.78. The highest BCUT2D eigenvalue weighted by Gasteiger charge is 2.00. The van der Waals surface area contributed by atoms with Gasteiger partial charge in [0.2, 0.25) is 0 Å². The quantitative estimate of drug-likeness (QED) is 0.913. The summed E-state index contributed by atoms with van der Waals surface area (Å²) in [6.07, 6.45) is 0.704. The minimum absolute atomic E-state index is 0.224. The Morgan fingerprint density at radius 2 is 2.16 bits per heavy atom. The van der Waals surface area contributed by atoms with Gasteiger partial charge in [0, 0.05) is 12.2 Å². The van der Waals surface area contributed by atoms with Crippen molar-refractivity contribution < 1.29 is 4.39 Å². The zero-order valence-corrected chi connectivity index (χ0v) is 10.7. The normalized spacial score (nSPS) is 9.95. The van der Waals surface area contributed by atoms with Gasteiger partial charge in [0.15, 0.2) is 0 Å². The number of pyridine rings is 1. The van der Waals surface area contributed by atoms with Gasteiger partial charge in [-0.3, -0.25) is 0 Å². The minimum Gasteiger partial charge on any atom is -0.370 e. The minimum atomic E-state index is -0.224. The van der Waals surface area contributed by atoms with Crippen LogP contribution in [0.25, 0.3) is 0 Å². The van der Waals surface area contributed by atoms with E-state index in [-0.39, 0.29) is 5.82 Å². The summed E-state index contributed by atoms with van der Waals surface area (Å²) in [5, 5.41) is 12.0. The molecule has 0 aliphatic rings. The maximum atomic E-state index is 13.0. The first-order valence-corrected chi connectivity index (χ1v) is 6.04. The largest absolute Gasteiger partial charge is 0.370 e. The van der Waals surface area contributed by atoms with Gasteiger partial charge in [-0.1, -0.05) is 12.1 Å². The van der Waals surface area contributed by atoms with Crippen molar-refractivity contribution in [3.8, 4) is 6.07 Å². The molecule has 3 nitrogen and oxygen atoms in total. The molecule has 1 aromatic heterocycles. The standard InChI is InChI=1S/C15H14FN3/c1-11-7-13(10-17)9-15(19-11)18-6-5-12-3-2-4-14(16)8-12/h2-4,7-9H,5-6H2,1H3,(H,18,19). The number of benzene rings is 1. The van der Waals surface area contributed by atoms with Crippen molar-refractivity contribution in [2.75, 3.05) is 11.9 Å². The van der Waals surface area contributed by atoms with E-state index in [2.05, 4.69) is 16.4 Å². The number of rotatable bonds is 4. The van der Waals surface area contributed by atoms with Crippen LogP contribution in [-0.2, 0) is 6.42 Å². The van der Waals surface area contributed by atoms with Gasteiger partial charge in [-0.05, 0) is 43.2 Å². The van der Waals surface area contributed by atoms with Crippen molar-refractivity contribution in [1.29, 1.82) is 5.26 Å². The van der Waals surface area contributed by atoms with Gasteiger partial charge in [0.25, 0.3) is 0 Å². The zero-order valence-electron chi connectivity index (χ0n) is 10.7. The Hall–Kier alpha value is -2.41. The number of nitrogens with zero attached hydrogens (tertiary/aromatic N) is 2. The molecule has 0 unspecified atom stereocenters. The SMILES string of the molecule is Cc1cc(C#N)cc(NCCc2cccc(F)c2)n1. The summed E-state index contributed by atoms with van der Waals surface area (Å²) >= 11 is 0. The molecule has 0 aliphatic heterocycles. The van der Waals surface area contributed by atoms with Crippen LogP contribution in [0.4, 0.5) is 10.2 Å². The summed E-state index contributed by atoms with van der Waals surface area (Å²) < 4.78 is 13.0. The molecule has 0 spiro atoms. The van der Waals surface area contributed by atoms with Crippen molar-refractivity contribution in [3.63, 3.8) is 0 Å². The summed E-state index contributed by atoms with van der Waals surface area (Å²) in [5.74, 6) is 0.450. The predicted molar refractivity (Wildman–Crippen MR) is 72.3 cm³/mol. The van der Waals surface area contributed by atoms with E-state index in [9.17, 15) is 4.39 Å². The van der Waals surface area contributed by atoms with Crippen LogP contribution in [0.2, 0.25) is 0 Å². The molecular formula is C15H14FN3. The van der Waals surface area contributed by atoms with Crippen LogP contribution in [0.15, 0.2) is 36.4 Å². The average molecular weight is 255 g/mol. The van der Waals surface area contributed by atoms with Crippen LogP contribution < -0.4 is 5.32 Å². The van der Waals surface area contributed by atoms with E-state index in [1.54, 1.807) is 18.2 Å². The lowest BCUT2D eigenvalue weighted by atomic mass is 10.1. The predicted octanol–water partition coefficient (Wildman–Crippen LogP) is 3.06. The van der Waals surface area contributed by atoms with Crippen LogP contribution in [0.5, 0.6) is 0 Å². The number of nitrogens with one attached hydrogen (secondary N) is 1. The van der Waals surface area contributed by atoms with Crippen molar-refractivity contribution in [2.45, 2.75) is 13.3 Å². The molecule has 0 atom stereocenters. The molecule has 0 saturated heterocycles. The highest BCUT2D eigenvalue weighted by atomic mass is 19.1. The van der Waals surface area contributed by atoms with Crippen LogP contribution in [0.1, 0.15) is 16.8 Å². The average Bonchev–Trinajstić information content (AvgIpc) is 2.38. The molecule has 96 valence electrons. The van der Waals surface area contributed by atoms with Crippen molar-refractivity contribution >= 4 is 5.82 Å². The van der Waals surface area contributed by atoms with E-state index in [0.717, 1.165) is 11.3 Å². The number of nitriles is 1. The van der Waals surface area contributed by atoms with Gasteiger partial charge in [0.1, 0.15) is 11.6 Å². The van der Waals surface area contributed by atoms with E-state index in [0.29, 0.717) is 24.3 Å². The van der Waals surface area contributed by atoms with E-state index >= 15 is 0 Å². The molecule has 19 heavy (non-hydrogen) atoms. The molecular weight excluding hydrogens is 241 g/mol. The third-order valence-corrected chi connectivity index (χ3v) is 2.69. The van der Waals surface area contributed by atoms with Gasteiger partial charge in [-0.15, -0.1) is 0 Å². The lowest BCUT2D eigenvalue weighted by Gasteiger charge is -2.07. The molecule has 0 radical (unpaired) electrons. The van der Waals surface area contributed by atoms with Gasteiger partial charge in [-0.2, -0.15) is 5.26 Å². The number of hydrogen-bond acceptors (Lipinski definition) is 3. The highest BCUT2D eigenvalue weighted by Crippen LogP contribution is 2.10. The first-order chi connectivity index (χ1) is 9.17. The third-order valence-electron chi connectivity index (χ3n) is 2.69. The summed E-state index contributed by atoms with van der Waals surface area (Å²) in [7, 11) is 0. The molecule has 0 amide bonds. The smallest absolute Gasteiger partial charge is 0.127 e. The van der Waals surface area contributed by atoms with Gasteiger partial charge in [0.05, 0.1) is 11.6 Å². The topological polar surface area (TPSA) is 48.7 Å². The molecule has 2 rings (SSSR count). The summed E-state index contributed by atoms with van der Waals surface area (Å²) in [6, 6.07) is 12.1. The first kappa shape index (κ1) is 13.0. The molecule has 2 aromatic rings. The van der Waals surface area contributed by atoms with E-state index in [4.69, 9.17) is 5.26 Å². The molecule has 0 fully saturated rings. The number of aromatic nitrogens is 1. The maximum Gasteiger partial charge on any atom is 0.127 e. The lowest BCUT2D eigenvalue weighted by molar-refractivity contribution is 0.625. The van der Waals surface area contributed by atoms with E-state index in [1.807, 2.05) is 13.0 Å². The molecule has 1 aromatic carbocycles. The Bertz CT molecular complexity index is 617. The van der Waals surface area contributed by atoms with Gasteiger partial charge in [-0.25, -0.2) is 9.37 Å². The second-order valence-corrected chi connectivity index (χ2v) is 4.30. The Balaban J connectivity index is 1.96. The van der Waals surface area contributed by atoms with Gasteiger partial charge < -0.3 is 5.32 Å². The van der Waals surface area contributed by atoms with Crippen molar-refractivity contribution in [3.05, 3.63) is 59.0 Å². The molecule has 4 heteroatoms. The van der Waals surface area contributed by atoms with Crippen molar-refractivity contribution in [2.24, 2.45) is 0 Å². The van der Waals surface area contributed by atoms with E-state index < -0.39 is 0 Å². The summed E-state index contributed by atoms with van der Waals surface area (Å²) in [5.41, 5.74) is 2.31. The first-order valence-electron chi connectivity index (χ1n) is 6.04. The fraction of sp³-hybridized carbons (Fsp3) is 0.200. The van der Waals surface area contributed by atoms with E-state index in [1.165, 1.54) is 12.1 Å². The Labute approximate surface area is 111 Å². The van der Waals surface area contributed by atoms with Crippen LogP contribution in [0.3, 0.4) is 0 Å². The maximum absolute atomic E-state index is 13.0. The lowest BCUT2D eigenvalue weighted by Crippen LogP contribution is -2.07. The van der Waals surface area contributed by atoms with Crippen LogP contribution >= 0.6 is 0 Å². The number of hydrogen-bond donors (Lipinski definition) is 1. The molecule has 1 N–H and O–H groups in total. The van der Waals surface area contributed by atoms with Crippen LogP contribution in [-0.4, -0.2) is 11.5 Å². The van der Waals surface area contributed by atoms with Crippen LogP contribution in [0, 0.1) is 24.1 Å². The zero-order chi connectivity index (χ0) is 13.7. The number of aryl methyl sites for hydroxylation is 1. The fourth-order valence-corrected chi connectivity index (χ4v) is 1.85. The Kier molecular flexibility index (Phi) is 4.09. The molecule has 1 heterocycles. The summed E-state index contributed by atoms with van der Waals surface area (Å²) in [4.78, 5) is 4.29. The monoisotopic (exact) mass is 255 g/mol.